The molecule has 2 N–H and O–H groups in total. The van der Waals surface area contributed by atoms with E-state index in [1.165, 1.54) is 11.1 Å². The van der Waals surface area contributed by atoms with Crippen LogP contribution in [0.3, 0.4) is 0 Å². The van der Waals surface area contributed by atoms with Gasteiger partial charge in [-0.3, -0.25) is 0 Å². The predicted molar refractivity (Wildman–Crippen MR) is 113 cm³/mol. The maximum Gasteiger partial charge on any atom is 0.240 e. The fraction of sp³-hybridized carbons (Fsp3) is 0.500. The van der Waals surface area contributed by atoms with Gasteiger partial charge in [-0.15, -0.1) is 0 Å². The van der Waals surface area contributed by atoms with Crippen LogP contribution in [0, 0.1) is 17.3 Å². The first kappa shape index (κ1) is 19.1. The lowest BCUT2D eigenvalue weighted by Crippen LogP contribution is -2.50. The summed E-state index contributed by atoms with van der Waals surface area (Å²) in [6.45, 7) is 2.31. The maximum atomic E-state index is 12.9. The van der Waals surface area contributed by atoms with Crippen molar-refractivity contribution in [3.05, 3.63) is 59.7 Å². The zero-order valence-electron chi connectivity index (χ0n) is 16.8. The first-order valence-corrected chi connectivity index (χ1v) is 12.3. The van der Waals surface area contributed by atoms with Gasteiger partial charge in [-0.05, 0) is 97.1 Å². The minimum atomic E-state index is -3.49. The highest BCUT2D eigenvalue weighted by atomic mass is 32.2. The zero-order valence-corrected chi connectivity index (χ0v) is 17.7. The van der Waals surface area contributed by atoms with Gasteiger partial charge in [0.1, 0.15) is 5.75 Å². The maximum absolute atomic E-state index is 12.9. The van der Waals surface area contributed by atoms with E-state index in [-0.39, 0.29) is 11.5 Å². The molecule has 5 heteroatoms. The number of hydrogen-bond donors (Lipinski definition) is 2. The van der Waals surface area contributed by atoms with Gasteiger partial charge in [-0.25, -0.2) is 13.1 Å². The molecule has 2 aromatic carbocycles. The fourth-order valence-electron chi connectivity index (χ4n) is 6.62. The summed E-state index contributed by atoms with van der Waals surface area (Å²) in [6, 6.07) is 14.6. The molecule has 2 aromatic rings. The minimum absolute atomic E-state index is 0.000120. The first-order valence-electron chi connectivity index (χ1n) is 10.8. The molecule has 4 nitrogen and oxygen atoms in total. The van der Waals surface area contributed by atoms with Crippen LogP contribution in [0.5, 0.6) is 5.75 Å². The third-order valence-corrected chi connectivity index (χ3v) is 9.55. The van der Waals surface area contributed by atoms with Crippen LogP contribution in [0.2, 0.25) is 0 Å². The van der Waals surface area contributed by atoms with E-state index in [1.807, 2.05) is 18.2 Å². The molecule has 0 bridgehead atoms. The molecule has 0 saturated heterocycles. The summed E-state index contributed by atoms with van der Waals surface area (Å²) in [5.74, 6) is 2.06. The number of aryl methyl sites for hydroxylation is 1. The molecule has 3 aliphatic rings. The van der Waals surface area contributed by atoms with Crippen LogP contribution in [0.15, 0.2) is 53.4 Å². The van der Waals surface area contributed by atoms with Gasteiger partial charge in [0.25, 0.3) is 0 Å². The summed E-state index contributed by atoms with van der Waals surface area (Å²) >= 11 is 0. The Bertz CT molecular complexity index is 1020. The van der Waals surface area contributed by atoms with Gasteiger partial charge in [0, 0.05) is 6.04 Å². The number of rotatable bonds is 3. The summed E-state index contributed by atoms with van der Waals surface area (Å²) in [5.41, 5.74) is 2.72. The van der Waals surface area contributed by atoms with Crippen molar-refractivity contribution in [3.8, 4) is 5.75 Å². The van der Waals surface area contributed by atoms with Crippen molar-refractivity contribution in [2.24, 2.45) is 17.3 Å². The van der Waals surface area contributed by atoms with Crippen molar-refractivity contribution in [1.82, 2.24) is 4.72 Å². The lowest BCUT2D eigenvalue weighted by Gasteiger charge is -2.51. The van der Waals surface area contributed by atoms with Crippen molar-refractivity contribution in [3.63, 3.8) is 0 Å². The quantitative estimate of drug-likeness (QED) is 0.776. The Labute approximate surface area is 173 Å². The highest BCUT2D eigenvalue weighted by Crippen LogP contribution is 2.61. The molecule has 0 radical (unpaired) electrons. The molecule has 0 unspecified atom stereocenters. The second-order valence-corrected chi connectivity index (χ2v) is 11.1. The number of benzene rings is 2. The average molecular weight is 412 g/mol. The van der Waals surface area contributed by atoms with E-state index in [0.29, 0.717) is 28.4 Å². The fourth-order valence-corrected chi connectivity index (χ4v) is 8.03. The zero-order chi connectivity index (χ0) is 20.2. The molecule has 0 aromatic heterocycles. The molecule has 0 aliphatic heterocycles. The van der Waals surface area contributed by atoms with Crippen LogP contribution in [0.25, 0.3) is 0 Å². The van der Waals surface area contributed by atoms with Crippen LogP contribution >= 0.6 is 0 Å². The van der Waals surface area contributed by atoms with E-state index >= 15 is 0 Å². The normalized spacial score (nSPS) is 33.6. The van der Waals surface area contributed by atoms with Crippen LogP contribution in [0.1, 0.15) is 56.1 Å². The number of fused-ring (bicyclic) bond motifs is 5. The highest BCUT2D eigenvalue weighted by Gasteiger charge is 2.55. The molecule has 2 fully saturated rings. The van der Waals surface area contributed by atoms with Crippen molar-refractivity contribution >= 4 is 10.0 Å². The summed E-state index contributed by atoms with van der Waals surface area (Å²) in [6.07, 6.45) is 6.30. The Morgan fingerprint density at radius 3 is 2.62 bits per heavy atom. The first-order chi connectivity index (χ1) is 13.9. The Morgan fingerprint density at radius 1 is 1.03 bits per heavy atom. The molecule has 0 spiro atoms. The number of phenolic OH excluding ortho intramolecular Hbond substituents is 1. The van der Waals surface area contributed by atoms with E-state index < -0.39 is 10.0 Å². The molecular formula is C24H29NO3S. The summed E-state index contributed by atoms with van der Waals surface area (Å²) in [5, 5.41) is 9.85. The summed E-state index contributed by atoms with van der Waals surface area (Å²) in [7, 11) is -3.49. The van der Waals surface area contributed by atoms with Crippen LogP contribution in [0.4, 0.5) is 0 Å². The van der Waals surface area contributed by atoms with Gasteiger partial charge in [0.15, 0.2) is 0 Å². The lowest BCUT2D eigenvalue weighted by atomic mass is 9.55. The molecule has 5 rings (SSSR count). The number of aromatic hydroxyl groups is 1. The van der Waals surface area contributed by atoms with Gasteiger partial charge in [0.2, 0.25) is 10.0 Å². The van der Waals surface area contributed by atoms with Gasteiger partial charge in [-0.2, -0.15) is 0 Å². The lowest BCUT2D eigenvalue weighted by molar-refractivity contribution is 0.0462. The largest absolute Gasteiger partial charge is 0.508 e. The monoisotopic (exact) mass is 411 g/mol. The van der Waals surface area contributed by atoms with Crippen LogP contribution < -0.4 is 4.72 Å². The van der Waals surface area contributed by atoms with E-state index in [4.69, 9.17) is 0 Å². The Balaban J connectivity index is 1.40. The minimum Gasteiger partial charge on any atom is -0.508 e. The van der Waals surface area contributed by atoms with Crippen molar-refractivity contribution in [2.75, 3.05) is 0 Å². The Morgan fingerprint density at radius 2 is 1.83 bits per heavy atom. The molecule has 154 valence electrons. The molecule has 3 aliphatic carbocycles. The molecule has 2 saturated carbocycles. The van der Waals surface area contributed by atoms with E-state index in [1.54, 1.807) is 24.3 Å². The van der Waals surface area contributed by atoms with Crippen molar-refractivity contribution in [2.45, 2.75) is 62.3 Å². The van der Waals surface area contributed by atoms with Crippen molar-refractivity contribution in [1.29, 1.82) is 0 Å². The predicted octanol–water partition coefficient (Wildman–Crippen LogP) is 4.60. The Hall–Kier alpha value is -1.85. The topological polar surface area (TPSA) is 66.4 Å². The standard InChI is InChI=1S/C24H29NO3S/c1-24-14-13-20-19-10-8-17(26)15-16(19)7-9-21(20)22(24)11-12-23(24)25-29(27,28)18-5-3-2-4-6-18/h2-6,8,10,15,20-23,25-26H,7,9,11-14H2,1H3/t20-,21-,22+,23+,24+/m1/s1. The van der Waals surface area contributed by atoms with E-state index in [2.05, 4.69) is 17.7 Å². The van der Waals surface area contributed by atoms with Gasteiger partial charge in [-0.1, -0.05) is 31.2 Å². The molecular weight excluding hydrogens is 382 g/mol. The number of nitrogens with one attached hydrogen (secondary N) is 1. The highest BCUT2D eigenvalue weighted by molar-refractivity contribution is 7.89. The smallest absolute Gasteiger partial charge is 0.240 e. The van der Waals surface area contributed by atoms with Crippen LogP contribution in [-0.4, -0.2) is 19.6 Å². The number of phenols is 1. The number of sulfonamides is 1. The second-order valence-electron chi connectivity index (χ2n) is 9.41. The SMILES string of the molecule is C[C@]12CC[C@@H]3c4ccc(O)cc4CC[C@H]3[C@@H]1CC[C@@H]2NS(=O)(=O)c1ccccc1. The van der Waals surface area contributed by atoms with Gasteiger partial charge in [0.05, 0.1) is 4.90 Å². The van der Waals surface area contributed by atoms with E-state index in [0.717, 1.165) is 38.5 Å². The molecule has 29 heavy (non-hydrogen) atoms. The summed E-state index contributed by atoms with van der Waals surface area (Å²) in [4.78, 5) is 0.354. The number of hydrogen-bond acceptors (Lipinski definition) is 3. The van der Waals surface area contributed by atoms with Crippen molar-refractivity contribution < 1.29 is 13.5 Å². The van der Waals surface area contributed by atoms with Crippen LogP contribution in [-0.2, 0) is 16.4 Å². The average Bonchev–Trinajstić information content (AvgIpc) is 3.04. The molecule has 0 amide bonds. The van der Waals surface area contributed by atoms with E-state index in [9.17, 15) is 13.5 Å². The third-order valence-electron chi connectivity index (χ3n) is 8.06. The summed E-state index contributed by atoms with van der Waals surface area (Å²) < 4.78 is 29.0. The third kappa shape index (κ3) is 3.10. The van der Waals surface area contributed by atoms with Gasteiger partial charge < -0.3 is 5.11 Å². The molecule has 5 atom stereocenters. The molecule has 0 heterocycles. The van der Waals surface area contributed by atoms with Gasteiger partial charge >= 0.3 is 0 Å². The Kier molecular flexibility index (Phi) is 4.52. The second kappa shape index (κ2) is 6.85.